The molecule has 0 radical (unpaired) electrons. The number of nitrogens with one attached hydrogen (secondary N) is 1. The van der Waals surface area contributed by atoms with Crippen molar-refractivity contribution in [3.05, 3.63) is 29.1 Å². The third-order valence-electron chi connectivity index (χ3n) is 3.00. The van der Waals surface area contributed by atoms with Crippen molar-refractivity contribution in [1.82, 2.24) is 0 Å². The van der Waals surface area contributed by atoms with E-state index < -0.39 is 34.8 Å². The Morgan fingerprint density at radius 3 is 1.83 bits per heavy atom. The zero-order valence-electron chi connectivity index (χ0n) is 9.50. The maximum absolute atomic E-state index is 13.2. The summed E-state index contributed by atoms with van der Waals surface area (Å²) in [6, 6.07) is 0. The van der Waals surface area contributed by atoms with Gasteiger partial charge in [-0.15, -0.1) is 0 Å². The van der Waals surface area contributed by atoms with Crippen molar-refractivity contribution in [2.45, 2.75) is 25.7 Å². The van der Waals surface area contributed by atoms with E-state index >= 15 is 0 Å². The molecule has 0 atom stereocenters. The molecule has 1 aliphatic rings. The van der Waals surface area contributed by atoms with E-state index in [9.17, 15) is 22.0 Å². The quantitative estimate of drug-likeness (QED) is 0.367. The van der Waals surface area contributed by atoms with Gasteiger partial charge in [0.2, 0.25) is 5.82 Å². The predicted octanol–water partition coefficient (Wildman–Crippen LogP) is 3.98. The molecule has 1 saturated carbocycles. The molecule has 0 aromatic heterocycles. The topological polar surface area (TPSA) is 12.0 Å². The van der Waals surface area contributed by atoms with E-state index in [0.717, 1.165) is 19.3 Å². The van der Waals surface area contributed by atoms with Crippen LogP contribution in [-0.2, 0) is 0 Å². The summed E-state index contributed by atoms with van der Waals surface area (Å²) in [6.45, 7) is 0.189. The summed E-state index contributed by atoms with van der Waals surface area (Å²) in [7, 11) is 0. The van der Waals surface area contributed by atoms with Gasteiger partial charge in [0.25, 0.3) is 0 Å². The molecule has 0 amide bonds. The van der Waals surface area contributed by atoms with Gasteiger partial charge in [-0.2, -0.15) is 0 Å². The molecule has 2 rings (SSSR count). The molecule has 0 saturated heterocycles. The molecule has 0 unspecified atom stereocenters. The van der Waals surface area contributed by atoms with E-state index in [2.05, 4.69) is 5.32 Å². The Morgan fingerprint density at radius 2 is 1.33 bits per heavy atom. The highest BCUT2D eigenvalue weighted by atomic mass is 19.2. The summed E-state index contributed by atoms with van der Waals surface area (Å²) in [5.74, 6) is -8.93. The Labute approximate surface area is 101 Å². The summed E-state index contributed by atoms with van der Waals surface area (Å²) < 4.78 is 64.9. The summed E-state index contributed by atoms with van der Waals surface area (Å²) in [6.07, 6.45) is 3.86. The highest BCUT2D eigenvalue weighted by Crippen LogP contribution is 2.33. The van der Waals surface area contributed by atoms with E-state index in [-0.39, 0.29) is 6.54 Å². The van der Waals surface area contributed by atoms with Crippen molar-refractivity contribution in [1.29, 1.82) is 0 Å². The normalized spacial score (nSPS) is 14.9. The zero-order chi connectivity index (χ0) is 13.3. The van der Waals surface area contributed by atoms with Crippen molar-refractivity contribution >= 4 is 5.69 Å². The molecule has 1 aromatic rings. The van der Waals surface area contributed by atoms with Gasteiger partial charge in [-0.3, -0.25) is 0 Å². The Morgan fingerprint density at radius 1 is 0.833 bits per heavy atom. The Hall–Kier alpha value is -1.33. The average molecular weight is 265 g/mol. The third-order valence-corrected chi connectivity index (χ3v) is 3.00. The number of benzene rings is 1. The molecule has 18 heavy (non-hydrogen) atoms. The summed E-state index contributed by atoms with van der Waals surface area (Å²) in [4.78, 5) is 0. The van der Waals surface area contributed by atoms with Crippen molar-refractivity contribution in [3.63, 3.8) is 0 Å². The first-order chi connectivity index (χ1) is 8.52. The fourth-order valence-corrected chi connectivity index (χ4v) is 1.77. The first kappa shape index (κ1) is 13.1. The zero-order valence-corrected chi connectivity index (χ0v) is 9.50. The molecule has 0 spiro atoms. The second-order valence-electron chi connectivity index (χ2n) is 4.46. The minimum absolute atomic E-state index is 0.189. The Bertz CT molecular complexity index is 427. The Balaban J connectivity index is 2.06. The first-order valence-corrected chi connectivity index (χ1v) is 5.77. The van der Waals surface area contributed by atoms with Crippen LogP contribution in [0.2, 0.25) is 0 Å². The summed E-state index contributed by atoms with van der Waals surface area (Å²) >= 11 is 0. The van der Waals surface area contributed by atoms with Gasteiger partial charge in [0.05, 0.1) is 0 Å². The average Bonchev–Trinajstić information content (AvgIpc) is 3.17. The third kappa shape index (κ3) is 2.57. The SMILES string of the molecule is Fc1c(F)c(F)c(NCCCC2CC2)c(F)c1F. The molecule has 1 aromatic carbocycles. The molecular weight excluding hydrogens is 253 g/mol. The van der Waals surface area contributed by atoms with Crippen LogP contribution in [0.25, 0.3) is 0 Å². The standard InChI is InChI=1S/C12H12F5N/c13-7-8(14)10(16)12(11(17)9(7)15)18-5-1-2-6-3-4-6/h6,18H,1-5H2. The fourth-order valence-electron chi connectivity index (χ4n) is 1.77. The van der Waals surface area contributed by atoms with E-state index in [1.165, 1.54) is 0 Å². The number of anilines is 1. The Kier molecular flexibility index (Phi) is 3.73. The second kappa shape index (κ2) is 5.12. The van der Waals surface area contributed by atoms with Crippen LogP contribution in [0.3, 0.4) is 0 Å². The van der Waals surface area contributed by atoms with Crippen molar-refractivity contribution in [2.75, 3.05) is 11.9 Å². The van der Waals surface area contributed by atoms with Crippen LogP contribution in [0.15, 0.2) is 0 Å². The monoisotopic (exact) mass is 265 g/mol. The maximum atomic E-state index is 13.2. The molecule has 0 aliphatic heterocycles. The lowest BCUT2D eigenvalue weighted by molar-refractivity contribution is 0.381. The summed E-state index contributed by atoms with van der Waals surface area (Å²) in [5.41, 5.74) is -0.942. The van der Waals surface area contributed by atoms with E-state index in [1.54, 1.807) is 0 Å². The largest absolute Gasteiger partial charge is 0.380 e. The molecule has 1 nitrogen and oxygen atoms in total. The van der Waals surface area contributed by atoms with Gasteiger partial charge in [-0.1, -0.05) is 12.8 Å². The fraction of sp³-hybridized carbons (Fsp3) is 0.500. The number of hydrogen-bond acceptors (Lipinski definition) is 1. The molecule has 1 aliphatic carbocycles. The van der Waals surface area contributed by atoms with Crippen molar-refractivity contribution in [2.24, 2.45) is 5.92 Å². The maximum Gasteiger partial charge on any atom is 0.200 e. The predicted molar refractivity (Wildman–Crippen MR) is 56.7 cm³/mol. The molecule has 1 fully saturated rings. The van der Waals surface area contributed by atoms with Crippen molar-refractivity contribution < 1.29 is 22.0 Å². The highest BCUT2D eigenvalue weighted by Gasteiger charge is 2.25. The lowest BCUT2D eigenvalue weighted by atomic mass is 10.2. The molecule has 0 heterocycles. The van der Waals surface area contributed by atoms with E-state index in [0.29, 0.717) is 12.3 Å². The summed E-state index contributed by atoms with van der Waals surface area (Å²) in [5, 5.41) is 2.28. The van der Waals surface area contributed by atoms with Gasteiger partial charge in [0.15, 0.2) is 23.3 Å². The van der Waals surface area contributed by atoms with Crippen LogP contribution in [-0.4, -0.2) is 6.54 Å². The van der Waals surface area contributed by atoms with Crippen LogP contribution in [0.4, 0.5) is 27.6 Å². The number of hydrogen-bond donors (Lipinski definition) is 1. The van der Waals surface area contributed by atoms with Gasteiger partial charge in [0.1, 0.15) is 5.69 Å². The molecule has 0 bridgehead atoms. The van der Waals surface area contributed by atoms with Crippen LogP contribution >= 0.6 is 0 Å². The van der Waals surface area contributed by atoms with Crippen LogP contribution in [0.1, 0.15) is 25.7 Å². The second-order valence-corrected chi connectivity index (χ2v) is 4.46. The lowest BCUT2D eigenvalue weighted by Crippen LogP contribution is -2.11. The van der Waals surface area contributed by atoms with Gasteiger partial charge < -0.3 is 5.32 Å². The minimum Gasteiger partial charge on any atom is -0.380 e. The molecule has 6 heteroatoms. The van der Waals surface area contributed by atoms with Gasteiger partial charge >= 0.3 is 0 Å². The highest BCUT2D eigenvalue weighted by molar-refractivity contribution is 5.47. The smallest absolute Gasteiger partial charge is 0.200 e. The van der Waals surface area contributed by atoms with Crippen LogP contribution in [0.5, 0.6) is 0 Å². The lowest BCUT2D eigenvalue weighted by Gasteiger charge is -2.10. The molecule has 1 N–H and O–H groups in total. The molecule has 100 valence electrons. The van der Waals surface area contributed by atoms with Crippen LogP contribution in [0, 0.1) is 35.0 Å². The van der Waals surface area contributed by atoms with Gasteiger partial charge in [-0.05, 0) is 18.8 Å². The van der Waals surface area contributed by atoms with Crippen molar-refractivity contribution in [3.8, 4) is 0 Å². The van der Waals surface area contributed by atoms with Gasteiger partial charge in [0, 0.05) is 6.54 Å². The number of rotatable bonds is 5. The van der Waals surface area contributed by atoms with E-state index in [1.807, 2.05) is 0 Å². The molecular formula is C12H12F5N. The minimum atomic E-state index is -2.13. The van der Waals surface area contributed by atoms with Crippen LogP contribution < -0.4 is 5.32 Å². The van der Waals surface area contributed by atoms with E-state index in [4.69, 9.17) is 0 Å². The number of halogens is 5. The van der Waals surface area contributed by atoms with Gasteiger partial charge in [-0.25, -0.2) is 22.0 Å². The first-order valence-electron chi connectivity index (χ1n) is 5.77.